The molecule has 9 heteroatoms. The van der Waals surface area contributed by atoms with Crippen LogP contribution in [0.15, 0.2) is 0 Å². The topological polar surface area (TPSA) is 149 Å². The van der Waals surface area contributed by atoms with Crippen molar-refractivity contribution in [3.8, 4) is 0 Å². The zero-order chi connectivity index (χ0) is 41.6. The Hall–Kier alpha value is -0.810. The fourth-order valence-electron chi connectivity index (χ4n) is 8.22. The van der Waals surface area contributed by atoms with Gasteiger partial charge in [-0.05, 0) is 12.8 Å². The quantitative estimate of drug-likeness (QED) is 0.0334. The highest BCUT2D eigenvalue weighted by molar-refractivity contribution is 5.76. The summed E-state index contributed by atoms with van der Waals surface area (Å²) in [5.74, 6) is -0.143. The molecule has 0 aromatic carbocycles. The molecule has 0 saturated carbocycles. The van der Waals surface area contributed by atoms with Gasteiger partial charge >= 0.3 is 0 Å². The molecule has 1 rings (SSSR count). The van der Waals surface area contributed by atoms with E-state index in [0.717, 1.165) is 38.5 Å². The van der Waals surface area contributed by atoms with Crippen molar-refractivity contribution in [2.24, 2.45) is 0 Å². The zero-order valence-corrected chi connectivity index (χ0v) is 37.4. The smallest absolute Gasteiger partial charge is 0.220 e. The number of carbonyl (C=O) groups is 1. The van der Waals surface area contributed by atoms with E-state index in [1.807, 2.05) is 0 Å². The minimum atomic E-state index is -1.55. The molecule has 340 valence electrons. The highest BCUT2D eigenvalue weighted by Crippen LogP contribution is 2.23. The summed E-state index contributed by atoms with van der Waals surface area (Å²) in [5.41, 5.74) is 0. The summed E-state index contributed by atoms with van der Waals surface area (Å²) in [6.07, 6.45) is 37.3. The van der Waals surface area contributed by atoms with Crippen molar-refractivity contribution in [3.05, 3.63) is 0 Å². The summed E-state index contributed by atoms with van der Waals surface area (Å²) in [5, 5.41) is 54.1. The Morgan fingerprint density at radius 1 is 0.526 bits per heavy atom. The molecule has 0 spiro atoms. The fourth-order valence-corrected chi connectivity index (χ4v) is 8.22. The molecule has 9 nitrogen and oxygen atoms in total. The van der Waals surface area contributed by atoms with Crippen molar-refractivity contribution in [2.75, 3.05) is 13.2 Å². The summed E-state index contributed by atoms with van der Waals surface area (Å²) in [7, 11) is 0. The van der Waals surface area contributed by atoms with Crippen LogP contribution in [0, 0.1) is 0 Å². The first-order valence-corrected chi connectivity index (χ1v) is 24.7. The van der Waals surface area contributed by atoms with Gasteiger partial charge in [-0.2, -0.15) is 0 Å². The molecule has 0 bridgehead atoms. The predicted molar refractivity (Wildman–Crippen MR) is 235 cm³/mol. The van der Waals surface area contributed by atoms with Gasteiger partial charge in [0.2, 0.25) is 5.91 Å². The number of carbonyl (C=O) groups excluding carboxylic acids is 1. The number of rotatable bonds is 42. The predicted octanol–water partition coefficient (Wildman–Crippen LogP) is 10.7. The van der Waals surface area contributed by atoms with Crippen molar-refractivity contribution in [1.82, 2.24) is 5.32 Å². The standard InChI is InChI=1S/C48H95NO8/c1-3-5-7-9-11-12-13-14-15-16-17-18-19-20-21-22-23-24-25-26-27-28-29-30-32-34-36-38-44(52)49-41(42(51)37-35-33-31-10-8-6-4-2)40-56-48-47(55)46(54)45(53)43(39-50)57-48/h41-43,45-48,50-51,53-55H,3-40H2,1-2H3,(H,49,52). The number of amides is 1. The minimum Gasteiger partial charge on any atom is -0.394 e. The Kier molecular flexibility index (Phi) is 37.4. The van der Waals surface area contributed by atoms with Gasteiger partial charge in [0.05, 0.1) is 25.4 Å². The van der Waals surface area contributed by atoms with Gasteiger partial charge in [0.15, 0.2) is 6.29 Å². The van der Waals surface area contributed by atoms with Gasteiger partial charge in [0.25, 0.3) is 0 Å². The average molecular weight is 814 g/mol. The van der Waals surface area contributed by atoms with Gasteiger partial charge in [0.1, 0.15) is 24.4 Å². The van der Waals surface area contributed by atoms with E-state index >= 15 is 0 Å². The van der Waals surface area contributed by atoms with Crippen LogP contribution in [0.1, 0.15) is 245 Å². The van der Waals surface area contributed by atoms with Crippen LogP contribution < -0.4 is 5.32 Å². The zero-order valence-electron chi connectivity index (χ0n) is 37.4. The molecule has 0 aliphatic carbocycles. The van der Waals surface area contributed by atoms with Gasteiger partial charge in [-0.15, -0.1) is 0 Å². The van der Waals surface area contributed by atoms with Crippen molar-refractivity contribution in [2.45, 2.75) is 288 Å². The van der Waals surface area contributed by atoms with Crippen LogP contribution in [0.4, 0.5) is 0 Å². The maximum atomic E-state index is 12.9. The van der Waals surface area contributed by atoms with Gasteiger partial charge in [-0.3, -0.25) is 4.79 Å². The highest BCUT2D eigenvalue weighted by Gasteiger charge is 2.44. The summed E-state index contributed by atoms with van der Waals surface area (Å²) in [4.78, 5) is 12.9. The van der Waals surface area contributed by atoms with E-state index in [4.69, 9.17) is 9.47 Å². The molecular weight excluding hydrogens is 719 g/mol. The average Bonchev–Trinajstić information content (AvgIpc) is 3.21. The molecule has 1 fully saturated rings. The van der Waals surface area contributed by atoms with E-state index in [0.29, 0.717) is 12.8 Å². The third kappa shape index (κ3) is 30.0. The lowest BCUT2D eigenvalue weighted by molar-refractivity contribution is -0.302. The van der Waals surface area contributed by atoms with Crippen molar-refractivity contribution in [1.29, 1.82) is 0 Å². The third-order valence-corrected chi connectivity index (χ3v) is 12.2. The second-order valence-corrected chi connectivity index (χ2v) is 17.6. The number of aliphatic hydroxyl groups excluding tert-OH is 5. The molecule has 0 aromatic rings. The van der Waals surface area contributed by atoms with Crippen LogP contribution in [-0.2, 0) is 14.3 Å². The SMILES string of the molecule is CCCCCCCCCCCCCCCCCCCCCCCCCCCCCC(=O)NC(COC1OC(CO)C(O)C(O)C1O)C(O)CCCCCCCCC. The number of aliphatic hydroxyl groups is 5. The molecule has 1 heterocycles. The summed E-state index contributed by atoms with van der Waals surface area (Å²) in [6.45, 7) is 3.80. The Bertz CT molecular complexity index is 862. The lowest BCUT2D eigenvalue weighted by Crippen LogP contribution is -2.60. The number of hydrogen-bond donors (Lipinski definition) is 6. The first-order valence-electron chi connectivity index (χ1n) is 24.7. The van der Waals surface area contributed by atoms with Crippen LogP contribution in [0.3, 0.4) is 0 Å². The molecule has 7 unspecified atom stereocenters. The number of unbranched alkanes of at least 4 members (excludes halogenated alkanes) is 32. The molecule has 1 aliphatic rings. The van der Waals surface area contributed by atoms with E-state index < -0.39 is 49.5 Å². The van der Waals surface area contributed by atoms with Gasteiger partial charge in [0, 0.05) is 6.42 Å². The molecule has 6 N–H and O–H groups in total. The van der Waals surface area contributed by atoms with Gasteiger partial charge in [-0.1, -0.05) is 226 Å². The largest absolute Gasteiger partial charge is 0.394 e. The number of nitrogens with one attached hydrogen (secondary N) is 1. The van der Waals surface area contributed by atoms with E-state index in [1.165, 1.54) is 180 Å². The lowest BCUT2D eigenvalue weighted by atomic mass is 9.99. The van der Waals surface area contributed by atoms with Crippen molar-refractivity contribution in [3.63, 3.8) is 0 Å². The fraction of sp³-hybridized carbons (Fsp3) is 0.979. The van der Waals surface area contributed by atoms with Crippen LogP contribution in [-0.4, -0.2) is 87.5 Å². The molecule has 0 radical (unpaired) electrons. The van der Waals surface area contributed by atoms with Crippen molar-refractivity contribution >= 4 is 5.91 Å². The normalized spacial score (nSPS) is 20.9. The van der Waals surface area contributed by atoms with Crippen LogP contribution in [0.5, 0.6) is 0 Å². The first-order chi connectivity index (χ1) is 27.8. The second kappa shape index (κ2) is 39.3. The first kappa shape index (κ1) is 54.2. The molecule has 1 aliphatic heterocycles. The van der Waals surface area contributed by atoms with E-state index in [2.05, 4.69) is 19.2 Å². The maximum Gasteiger partial charge on any atom is 0.220 e. The van der Waals surface area contributed by atoms with Crippen LogP contribution in [0.2, 0.25) is 0 Å². The van der Waals surface area contributed by atoms with Crippen LogP contribution in [0.25, 0.3) is 0 Å². The molecule has 7 atom stereocenters. The van der Waals surface area contributed by atoms with E-state index in [1.54, 1.807) is 0 Å². The number of ether oxygens (including phenoxy) is 2. The number of hydrogen-bond acceptors (Lipinski definition) is 8. The van der Waals surface area contributed by atoms with Gasteiger partial charge in [-0.25, -0.2) is 0 Å². The van der Waals surface area contributed by atoms with Crippen molar-refractivity contribution < 1.29 is 39.8 Å². The Morgan fingerprint density at radius 2 is 0.877 bits per heavy atom. The molecular formula is C48H95NO8. The van der Waals surface area contributed by atoms with E-state index in [9.17, 15) is 30.3 Å². The highest BCUT2D eigenvalue weighted by atomic mass is 16.7. The monoisotopic (exact) mass is 814 g/mol. The second-order valence-electron chi connectivity index (χ2n) is 17.6. The lowest BCUT2D eigenvalue weighted by Gasteiger charge is -2.40. The third-order valence-electron chi connectivity index (χ3n) is 12.2. The minimum absolute atomic E-state index is 0.133. The summed E-state index contributed by atoms with van der Waals surface area (Å²) in [6, 6.07) is -0.709. The Labute approximate surface area is 351 Å². The maximum absolute atomic E-state index is 12.9. The molecule has 0 aromatic heterocycles. The van der Waals surface area contributed by atoms with E-state index in [-0.39, 0.29) is 12.5 Å². The van der Waals surface area contributed by atoms with Gasteiger partial charge < -0.3 is 40.3 Å². The molecule has 1 amide bonds. The molecule has 1 saturated heterocycles. The summed E-state index contributed by atoms with van der Waals surface area (Å²) >= 11 is 0. The Morgan fingerprint density at radius 3 is 1.25 bits per heavy atom. The Balaban J connectivity index is 2.09. The summed E-state index contributed by atoms with van der Waals surface area (Å²) < 4.78 is 11.2. The molecule has 57 heavy (non-hydrogen) atoms. The van der Waals surface area contributed by atoms with Crippen LogP contribution >= 0.6 is 0 Å².